The minimum atomic E-state index is -1.00. The smallest absolute Gasteiger partial charge is 0.251 e. The molecule has 0 aliphatic carbocycles. The highest BCUT2D eigenvalue weighted by Crippen LogP contribution is 2.12. The van der Waals surface area contributed by atoms with Gasteiger partial charge in [0.1, 0.15) is 0 Å². The van der Waals surface area contributed by atoms with E-state index in [0.717, 1.165) is 4.47 Å². The van der Waals surface area contributed by atoms with Crippen molar-refractivity contribution in [1.82, 2.24) is 5.32 Å². The van der Waals surface area contributed by atoms with E-state index in [9.17, 15) is 4.79 Å². The molecule has 0 radical (unpaired) electrons. The third-order valence-electron chi connectivity index (χ3n) is 2.20. The van der Waals surface area contributed by atoms with Gasteiger partial charge in [-0.1, -0.05) is 22.0 Å². The van der Waals surface area contributed by atoms with Gasteiger partial charge in [-0.25, -0.2) is 0 Å². The van der Waals surface area contributed by atoms with Crippen molar-refractivity contribution in [1.29, 1.82) is 0 Å². The Bertz CT molecular complexity index is 377. The monoisotopic (exact) mass is 287 g/mol. The van der Waals surface area contributed by atoms with Crippen LogP contribution in [0.5, 0.6) is 0 Å². The first-order chi connectivity index (χ1) is 7.50. The number of carbonyl (C=O) groups excluding carboxylic acids is 1. The van der Waals surface area contributed by atoms with Crippen LogP contribution >= 0.6 is 15.9 Å². The summed E-state index contributed by atoms with van der Waals surface area (Å²) in [4.78, 5) is 11.8. The van der Waals surface area contributed by atoms with Gasteiger partial charge in [0.15, 0.2) is 0 Å². The summed E-state index contributed by atoms with van der Waals surface area (Å²) in [7, 11) is 0. The molecule has 0 fully saturated rings. The van der Waals surface area contributed by atoms with E-state index < -0.39 is 5.54 Å². The third-order valence-corrected chi connectivity index (χ3v) is 2.69. The van der Waals surface area contributed by atoms with E-state index in [4.69, 9.17) is 10.2 Å². The molecule has 0 bridgehead atoms. The second-order valence-corrected chi connectivity index (χ2v) is 4.76. The van der Waals surface area contributed by atoms with E-state index in [1.54, 1.807) is 25.1 Å². The SMILES string of the molecule is CC(CO)(CO)NC(=O)c1cccc(Br)c1. The van der Waals surface area contributed by atoms with Gasteiger partial charge in [0, 0.05) is 10.0 Å². The number of carbonyl (C=O) groups is 1. The van der Waals surface area contributed by atoms with Gasteiger partial charge in [-0.2, -0.15) is 0 Å². The van der Waals surface area contributed by atoms with Crippen molar-refractivity contribution >= 4 is 21.8 Å². The van der Waals surface area contributed by atoms with E-state index >= 15 is 0 Å². The molecule has 1 aromatic rings. The third kappa shape index (κ3) is 3.30. The Morgan fingerprint density at radius 1 is 1.44 bits per heavy atom. The van der Waals surface area contributed by atoms with Crippen molar-refractivity contribution in [3.8, 4) is 0 Å². The average Bonchev–Trinajstić information content (AvgIpc) is 2.29. The van der Waals surface area contributed by atoms with Crippen molar-refractivity contribution in [2.45, 2.75) is 12.5 Å². The molecule has 0 spiro atoms. The summed E-state index contributed by atoms with van der Waals surface area (Å²) in [6, 6.07) is 6.89. The molecular formula is C11H14BrNO3. The molecule has 0 saturated heterocycles. The van der Waals surface area contributed by atoms with E-state index in [1.807, 2.05) is 6.07 Å². The minimum Gasteiger partial charge on any atom is -0.394 e. The molecule has 1 amide bonds. The lowest BCUT2D eigenvalue weighted by atomic mass is 10.0. The largest absolute Gasteiger partial charge is 0.394 e. The predicted molar refractivity (Wildman–Crippen MR) is 64.2 cm³/mol. The maximum Gasteiger partial charge on any atom is 0.251 e. The molecule has 88 valence electrons. The molecule has 0 heterocycles. The topological polar surface area (TPSA) is 69.6 Å². The number of rotatable bonds is 4. The number of hydrogen-bond donors (Lipinski definition) is 3. The number of benzene rings is 1. The lowest BCUT2D eigenvalue weighted by Crippen LogP contribution is -2.51. The molecule has 5 heteroatoms. The van der Waals surface area contributed by atoms with Gasteiger partial charge in [0.25, 0.3) is 5.91 Å². The molecule has 0 atom stereocenters. The predicted octanol–water partition coefficient (Wildman–Crippen LogP) is 0.922. The zero-order valence-corrected chi connectivity index (χ0v) is 10.5. The highest BCUT2D eigenvalue weighted by Gasteiger charge is 2.24. The molecule has 4 nitrogen and oxygen atoms in total. The summed E-state index contributed by atoms with van der Waals surface area (Å²) in [5.74, 6) is -0.327. The van der Waals surface area contributed by atoms with Gasteiger partial charge in [-0.15, -0.1) is 0 Å². The number of hydrogen-bond acceptors (Lipinski definition) is 3. The summed E-state index contributed by atoms with van der Waals surface area (Å²) in [5, 5.41) is 20.7. The summed E-state index contributed by atoms with van der Waals surface area (Å²) >= 11 is 3.27. The standard InChI is InChI=1S/C11H14BrNO3/c1-11(6-14,7-15)13-10(16)8-3-2-4-9(12)5-8/h2-5,14-15H,6-7H2,1H3,(H,13,16). The van der Waals surface area contributed by atoms with Crippen LogP contribution in [0.2, 0.25) is 0 Å². The van der Waals surface area contributed by atoms with Gasteiger partial charge in [0.2, 0.25) is 0 Å². The molecule has 3 N–H and O–H groups in total. The fraction of sp³-hybridized carbons (Fsp3) is 0.364. The highest BCUT2D eigenvalue weighted by molar-refractivity contribution is 9.10. The molecule has 0 aromatic heterocycles. The van der Waals surface area contributed by atoms with Gasteiger partial charge in [0.05, 0.1) is 18.8 Å². The Morgan fingerprint density at radius 3 is 2.56 bits per heavy atom. The van der Waals surface area contributed by atoms with Crippen molar-refractivity contribution in [2.24, 2.45) is 0 Å². The fourth-order valence-electron chi connectivity index (χ4n) is 1.11. The Kier molecular flexibility index (Phi) is 4.46. The summed E-state index contributed by atoms with van der Waals surface area (Å²) in [6.45, 7) is 0.940. The van der Waals surface area contributed by atoms with E-state index in [1.165, 1.54) is 0 Å². The highest BCUT2D eigenvalue weighted by atomic mass is 79.9. The Morgan fingerprint density at radius 2 is 2.06 bits per heavy atom. The van der Waals surface area contributed by atoms with Crippen LogP contribution in [-0.2, 0) is 0 Å². The van der Waals surface area contributed by atoms with E-state index in [2.05, 4.69) is 21.2 Å². The van der Waals surface area contributed by atoms with Crippen molar-refractivity contribution in [2.75, 3.05) is 13.2 Å². The van der Waals surface area contributed by atoms with E-state index in [-0.39, 0.29) is 19.1 Å². The molecule has 16 heavy (non-hydrogen) atoms. The Hall–Kier alpha value is -0.910. The maximum absolute atomic E-state index is 11.8. The molecule has 0 saturated carbocycles. The number of amides is 1. The first-order valence-electron chi connectivity index (χ1n) is 4.80. The lowest BCUT2D eigenvalue weighted by molar-refractivity contribution is 0.0724. The van der Waals surface area contributed by atoms with Gasteiger partial charge >= 0.3 is 0 Å². The summed E-state index contributed by atoms with van der Waals surface area (Å²) < 4.78 is 0.801. The van der Waals surface area contributed by atoms with Crippen LogP contribution in [0.3, 0.4) is 0 Å². The first-order valence-corrected chi connectivity index (χ1v) is 5.60. The zero-order chi connectivity index (χ0) is 12.2. The summed E-state index contributed by atoms with van der Waals surface area (Å²) in [6.07, 6.45) is 0. The van der Waals surface area contributed by atoms with Crippen LogP contribution in [0.25, 0.3) is 0 Å². The fourth-order valence-corrected chi connectivity index (χ4v) is 1.50. The maximum atomic E-state index is 11.8. The first kappa shape index (κ1) is 13.2. The molecule has 1 aromatic carbocycles. The zero-order valence-electron chi connectivity index (χ0n) is 8.90. The van der Waals surface area contributed by atoms with Crippen LogP contribution in [0.15, 0.2) is 28.7 Å². The van der Waals surface area contributed by atoms with Crippen LogP contribution < -0.4 is 5.32 Å². The van der Waals surface area contributed by atoms with Gasteiger partial charge in [-0.3, -0.25) is 4.79 Å². The van der Waals surface area contributed by atoms with Crippen LogP contribution in [0, 0.1) is 0 Å². The molecule has 0 unspecified atom stereocenters. The number of aliphatic hydroxyl groups excluding tert-OH is 2. The quantitative estimate of drug-likeness (QED) is 0.771. The molecular weight excluding hydrogens is 274 g/mol. The van der Waals surface area contributed by atoms with Crippen LogP contribution in [0.1, 0.15) is 17.3 Å². The lowest BCUT2D eigenvalue weighted by Gasteiger charge is -2.26. The Balaban J connectivity index is 2.80. The van der Waals surface area contributed by atoms with Gasteiger partial charge < -0.3 is 15.5 Å². The van der Waals surface area contributed by atoms with Crippen LogP contribution in [-0.4, -0.2) is 34.9 Å². The minimum absolute atomic E-state index is 0.316. The second-order valence-electron chi connectivity index (χ2n) is 3.84. The summed E-state index contributed by atoms with van der Waals surface area (Å²) in [5.41, 5.74) is -0.526. The van der Waals surface area contributed by atoms with Crippen LogP contribution in [0.4, 0.5) is 0 Å². The molecule has 1 rings (SSSR count). The normalized spacial score (nSPS) is 11.2. The molecule has 0 aliphatic rings. The number of nitrogens with one attached hydrogen (secondary N) is 1. The van der Waals surface area contributed by atoms with Gasteiger partial charge in [-0.05, 0) is 25.1 Å². The number of halogens is 1. The average molecular weight is 288 g/mol. The van der Waals surface area contributed by atoms with Crippen molar-refractivity contribution < 1.29 is 15.0 Å². The van der Waals surface area contributed by atoms with E-state index in [0.29, 0.717) is 5.56 Å². The Labute approximate surface area is 102 Å². The molecule has 0 aliphatic heterocycles. The van der Waals surface area contributed by atoms with Crippen molar-refractivity contribution in [3.63, 3.8) is 0 Å². The second kappa shape index (κ2) is 5.43. The van der Waals surface area contributed by atoms with Crippen molar-refractivity contribution in [3.05, 3.63) is 34.3 Å². The number of aliphatic hydroxyl groups is 2.